The molecule has 0 saturated carbocycles. The second-order valence-corrected chi connectivity index (χ2v) is 8.98. The fourth-order valence-electron chi connectivity index (χ4n) is 3.60. The Balaban J connectivity index is 1.47. The molecule has 9 nitrogen and oxygen atoms in total. The number of pyridine rings is 1. The van der Waals surface area contributed by atoms with Gasteiger partial charge in [0.15, 0.2) is 5.76 Å². The Hall–Kier alpha value is -3.86. The lowest BCUT2D eigenvalue weighted by Crippen LogP contribution is -2.41. The van der Waals surface area contributed by atoms with Crippen LogP contribution < -0.4 is 10.1 Å². The van der Waals surface area contributed by atoms with Gasteiger partial charge in [-0.3, -0.25) is 9.59 Å². The lowest BCUT2D eigenvalue weighted by atomic mass is 10.1. The minimum absolute atomic E-state index is 0.183. The molecule has 5 rings (SSSR count). The number of aromatic nitrogens is 1. The van der Waals surface area contributed by atoms with E-state index in [1.54, 1.807) is 47.5 Å². The molecule has 36 heavy (non-hydrogen) atoms. The van der Waals surface area contributed by atoms with Gasteiger partial charge >= 0.3 is 0 Å². The number of ether oxygens (including phenoxy) is 1. The van der Waals surface area contributed by atoms with Gasteiger partial charge in [0.1, 0.15) is 22.9 Å². The molecule has 0 radical (unpaired) electrons. The molecule has 1 aliphatic rings. The van der Waals surface area contributed by atoms with Crippen molar-refractivity contribution in [1.82, 2.24) is 9.88 Å². The number of hydrogen-bond acceptors (Lipinski definition) is 8. The molecule has 0 aliphatic carbocycles. The van der Waals surface area contributed by atoms with E-state index in [2.05, 4.69) is 15.2 Å². The van der Waals surface area contributed by atoms with Crippen molar-refractivity contribution in [3.8, 4) is 11.5 Å². The molecule has 2 amide bonds. The Morgan fingerprint density at radius 3 is 2.56 bits per heavy atom. The summed E-state index contributed by atoms with van der Waals surface area (Å²) in [5, 5.41) is 3.37. The number of benzene rings is 2. The number of rotatable bonds is 8. The number of carbonyl (C=O) groups excluding carboxylic acids is 2. The zero-order chi connectivity index (χ0) is 25.1. The number of likely N-dealkylation sites (tertiary alicyclic amines) is 1. The summed E-state index contributed by atoms with van der Waals surface area (Å²) in [6, 6.07) is 15.6. The molecule has 1 saturated heterocycles. The van der Waals surface area contributed by atoms with Crippen molar-refractivity contribution < 1.29 is 28.0 Å². The largest absolute Gasteiger partial charge is 0.457 e. The highest BCUT2D eigenvalue weighted by Crippen LogP contribution is 2.35. The summed E-state index contributed by atoms with van der Waals surface area (Å²) in [6.45, 7) is 3.32. The van der Waals surface area contributed by atoms with Gasteiger partial charge in [0.05, 0.1) is 24.5 Å². The van der Waals surface area contributed by atoms with E-state index in [4.69, 9.17) is 13.5 Å². The molecule has 1 aliphatic heterocycles. The number of hydrogen-bond donors (Lipinski definition) is 1. The highest BCUT2D eigenvalue weighted by molar-refractivity contribution is 7.94. The van der Waals surface area contributed by atoms with Crippen LogP contribution in [0.5, 0.6) is 11.5 Å². The second-order valence-electron chi connectivity index (χ2n) is 8.21. The van der Waals surface area contributed by atoms with E-state index in [0.717, 1.165) is 28.9 Å². The highest BCUT2D eigenvalue weighted by Gasteiger charge is 2.26. The summed E-state index contributed by atoms with van der Waals surface area (Å²) in [5.74, 6) is 0.983. The van der Waals surface area contributed by atoms with Crippen LogP contribution in [0, 0.1) is 6.92 Å². The van der Waals surface area contributed by atoms with Crippen molar-refractivity contribution >= 4 is 40.6 Å². The zero-order valence-corrected chi connectivity index (χ0v) is 20.5. The van der Waals surface area contributed by atoms with Gasteiger partial charge in [-0.25, -0.2) is 9.87 Å². The predicted molar refractivity (Wildman–Crippen MR) is 134 cm³/mol. The van der Waals surface area contributed by atoms with Gasteiger partial charge in [0, 0.05) is 35.8 Å². The lowest BCUT2D eigenvalue weighted by molar-refractivity contribution is -0.160. The van der Waals surface area contributed by atoms with Crippen LogP contribution in [0.3, 0.4) is 0 Å². The van der Waals surface area contributed by atoms with Crippen molar-refractivity contribution in [2.24, 2.45) is 0 Å². The summed E-state index contributed by atoms with van der Waals surface area (Å²) in [5.41, 5.74) is 1.66. The van der Waals surface area contributed by atoms with Crippen LogP contribution in [-0.2, 0) is 9.22 Å². The summed E-state index contributed by atoms with van der Waals surface area (Å²) < 4.78 is 16.9. The Morgan fingerprint density at radius 2 is 1.89 bits per heavy atom. The van der Waals surface area contributed by atoms with E-state index in [9.17, 15) is 9.59 Å². The minimum atomic E-state index is -0.381. The van der Waals surface area contributed by atoms with Gasteiger partial charge in [0.25, 0.3) is 11.8 Å². The van der Waals surface area contributed by atoms with Crippen molar-refractivity contribution in [3.05, 3.63) is 77.7 Å². The third-order valence-electron chi connectivity index (χ3n) is 5.62. The molecule has 1 fully saturated rings. The first-order valence-electron chi connectivity index (χ1n) is 11.3. The number of nitrogens with zero attached hydrogens (tertiary/aromatic N) is 2. The minimum Gasteiger partial charge on any atom is -0.457 e. The summed E-state index contributed by atoms with van der Waals surface area (Å²) in [6.07, 6.45) is 2.65. The average molecular weight is 506 g/mol. The quantitative estimate of drug-likeness (QED) is 0.187. The SMILES string of the molecule is COOSc1ccc(Oc2cc(C(=O)Nc3ccc(C)cn3)cc3oc(C(=O)N4CCC4)cc23)cc1. The molecule has 4 aromatic rings. The lowest BCUT2D eigenvalue weighted by Gasteiger charge is -2.29. The molecular formula is C26H23N3O6S. The van der Waals surface area contributed by atoms with Crippen molar-refractivity contribution in [2.45, 2.75) is 18.2 Å². The van der Waals surface area contributed by atoms with Gasteiger partial charge in [-0.15, -0.1) is 0 Å². The summed E-state index contributed by atoms with van der Waals surface area (Å²) in [4.78, 5) is 37.2. The van der Waals surface area contributed by atoms with E-state index in [0.29, 0.717) is 46.9 Å². The van der Waals surface area contributed by atoms with E-state index >= 15 is 0 Å². The smallest absolute Gasteiger partial charge is 0.289 e. The fourth-order valence-corrected chi connectivity index (χ4v) is 3.99. The maximum absolute atomic E-state index is 13.0. The summed E-state index contributed by atoms with van der Waals surface area (Å²) >= 11 is 1.07. The molecular weight excluding hydrogens is 482 g/mol. The number of carbonyl (C=O) groups is 2. The van der Waals surface area contributed by atoms with E-state index in [1.165, 1.54) is 7.11 Å². The van der Waals surface area contributed by atoms with Crippen LogP contribution in [0.25, 0.3) is 11.0 Å². The number of aryl methyl sites for hydroxylation is 1. The monoisotopic (exact) mass is 505 g/mol. The molecule has 2 aromatic carbocycles. The zero-order valence-electron chi connectivity index (χ0n) is 19.6. The molecule has 10 heteroatoms. The molecule has 2 aromatic heterocycles. The van der Waals surface area contributed by atoms with Crippen molar-refractivity contribution in [1.29, 1.82) is 0 Å². The molecule has 0 unspecified atom stereocenters. The summed E-state index contributed by atoms with van der Waals surface area (Å²) in [7, 11) is 1.43. The van der Waals surface area contributed by atoms with Crippen molar-refractivity contribution in [3.63, 3.8) is 0 Å². The third-order valence-corrected chi connectivity index (χ3v) is 6.29. The topological polar surface area (TPSA) is 103 Å². The number of furan rings is 1. The standard InChI is InChI=1S/C26H23N3O6S/c1-16-4-9-24(27-15-16)28-25(30)17-12-21(33-18-5-7-19(8-6-18)36-35-32-2)20-14-23(34-22(20)13-17)26(31)29-10-3-11-29/h4-9,12-15H,3,10-11H2,1-2H3,(H,27,28,30). The second kappa shape index (κ2) is 10.4. The Kier molecular flexibility index (Phi) is 6.90. The van der Waals surface area contributed by atoms with Crippen LogP contribution in [0.1, 0.15) is 32.9 Å². The van der Waals surface area contributed by atoms with E-state index < -0.39 is 0 Å². The Morgan fingerprint density at radius 1 is 1.08 bits per heavy atom. The first kappa shape index (κ1) is 23.9. The van der Waals surface area contributed by atoms with Crippen LogP contribution in [0.2, 0.25) is 0 Å². The number of nitrogens with one attached hydrogen (secondary N) is 1. The van der Waals surface area contributed by atoms with Crippen LogP contribution in [0.4, 0.5) is 5.82 Å². The molecule has 0 spiro atoms. The van der Waals surface area contributed by atoms with E-state index in [-0.39, 0.29) is 17.6 Å². The number of amides is 2. The first-order chi connectivity index (χ1) is 17.5. The first-order valence-corrected chi connectivity index (χ1v) is 12.0. The van der Waals surface area contributed by atoms with Crippen LogP contribution >= 0.6 is 12.0 Å². The Bertz CT molecular complexity index is 1400. The number of fused-ring (bicyclic) bond motifs is 1. The fraction of sp³-hybridized carbons (Fsp3) is 0.192. The molecule has 184 valence electrons. The maximum atomic E-state index is 13.0. The van der Waals surface area contributed by atoms with Gasteiger partial charge in [-0.1, -0.05) is 6.07 Å². The van der Waals surface area contributed by atoms with Gasteiger partial charge in [-0.05, 0) is 61.4 Å². The molecule has 0 atom stereocenters. The van der Waals surface area contributed by atoms with Gasteiger partial charge in [-0.2, -0.15) is 4.33 Å². The molecule has 0 bridgehead atoms. The molecule has 3 heterocycles. The van der Waals surface area contributed by atoms with Gasteiger partial charge < -0.3 is 19.4 Å². The predicted octanol–water partition coefficient (Wildman–Crippen LogP) is 5.61. The van der Waals surface area contributed by atoms with Crippen LogP contribution in [0.15, 0.2) is 70.1 Å². The molecule has 1 N–H and O–H groups in total. The van der Waals surface area contributed by atoms with Gasteiger partial charge in [0.2, 0.25) is 0 Å². The Labute approximate surface area is 211 Å². The number of anilines is 1. The normalized spacial score (nSPS) is 12.9. The van der Waals surface area contributed by atoms with Crippen LogP contribution in [-0.4, -0.2) is 41.9 Å². The maximum Gasteiger partial charge on any atom is 0.289 e. The van der Waals surface area contributed by atoms with Crippen molar-refractivity contribution in [2.75, 3.05) is 25.5 Å². The van der Waals surface area contributed by atoms with E-state index in [1.807, 2.05) is 25.1 Å². The highest BCUT2D eigenvalue weighted by atomic mass is 32.2. The third kappa shape index (κ3) is 5.20. The average Bonchev–Trinajstić information content (AvgIpc) is 3.29.